The van der Waals surface area contributed by atoms with Gasteiger partial charge in [-0.05, 0) is 26.0 Å². The molecule has 0 saturated carbocycles. The van der Waals surface area contributed by atoms with E-state index >= 15 is 0 Å². The number of nitrogens with zero attached hydrogens (tertiary/aromatic N) is 2. The molecule has 1 aromatic carbocycles. The Hall–Kier alpha value is -2.63. The van der Waals surface area contributed by atoms with Gasteiger partial charge < -0.3 is 10.6 Å². The molecule has 0 radical (unpaired) electrons. The Kier molecular flexibility index (Phi) is 5.30. The van der Waals surface area contributed by atoms with Gasteiger partial charge in [0.05, 0.1) is 23.0 Å². The largest absolute Gasteiger partial charge is 0.345 e. The Morgan fingerprint density at radius 1 is 1.20 bits per heavy atom. The fourth-order valence-corrected chi connectivity index (χ4v) is 2.50. The number of nitrogens with one attached hydrogen (secondary N) is 2. The molecule has 1 aromatic heterocycles. The van der Waals surface area contributed by atoms with Crippen LogP contribution >= 0.6 is 0 Å². The minimum atomic E-state index is -0.538. The zero-order valence-electron chi connectivity index (χ0n) is 15.7. The zero-order valence-corrected chi connectivity index (χ0v) is 15.7. The highest BCUT2D eigenvalue weighted by molar-refractivity contribution is 6.04. The number of anilines is 1. The normalized spacial score (nSPS) is 12.6. The summed E-state index contributed by atoms with van der Waals surface area (Å²) in [5, 5.41) is 10.1. The van der Waals surface area contributed by atoms with Crippen molar-refractivity contribution in [2.45, 2.75) is 40.7 Å². The number of benzene rings is 1. The first-order chi connectivity index (χ1) is 11.6. The quantitative estimate of drug-likeness (QED) is 0.896. The number of rotatable bonds is 4. The average Bonchev–Trinajstić information content (AvgIpc) is 2.85. The van der Waals surface area contributed by atoms with Crippen molar-refractivity contribution >= 4 is 17.5 Å². The van der Waals surface area contributed by atoms with Gasteiger partial charge in [0.25, 0.3) is 5.91 Å². The van der Waals surface area contributed by atoms with E-state index in [1.54, 1.807) is 28.9 Å². The molecule has 1 atom stereocenters. The van der Waals surface area contributed by atoms with Crippen LogP contribution in [0.3, 0.4) is 0 Å². The van der Waals surface area contributed by atoms with Crippen molar-refractivity contribution in [2.24, 2.45) is 12.5 Å². The van der Waals surface area contributed by atoms with Gasteiger partial charge in [-0.25, -0.2) is 0 Å². The maximum absolute atomic E-state index is 12.7. The molecule has 0 bridgehead atoms. The molecular weight excluding hydrogens is 316 g/mol. The minimum absolute atomic E-state index is 0.135. The van der Waals surface area contributed by atoms with E-state index in [0.29, 0.717) is 11.3 Å². The van der Waals surface area contributed by atoms with Gasteiger partial charge in [0.15, 0.2) is 0 Å². The highest BCUT2D eigenvalue weighted by Gasteiger charge is 2.23. The lowest BCUT2D eigenvalue weighted by Crippen LogP contribution is -2.31. The second kappa shape index (κ2) is 7.09. The summed E-state index contributed by atoms with van der Waals surface area (Å²) in [7, 11) is 1.85. The fourth-order valence-electron chi connectivity index (χ4n) is 2.50. The van der Waals surface area contributed by atoms with E-state index in [2.05, 4.69) is 15.7 Å². The first-order valence-electron chi connectivity index (χ1n) is 8.31. The predicted molar refractivity (Wildman–Crippen MR) is 98.4 cm³/mol. The summed E-state index contributed by atoms with van der Waals surface area (Å²) in [5.74, 6) is -0.371. The van der Waals surface area contributed by atoms with Crippen molar-refractivity contribution in [3.63, 3.8) is 0 Å². The second-order valence-electron chi connectivity index (χ2n) is 7.29. The van der Waals surface area contributed by atoms with Crippen LogP contribution in [0.4, 0.5) is 5.69 Å². The monoisotopic (exact) mass is 342 g/mol. The molecule has 6 heteroatoms. The minimum Gasteiger partial charge on any atom is -0.345 e. The molecule has 2 amide bonds. The van der Waals surface area contributed by atoms with Gasteiger partial charge in [-0.15, -0.1) is 0 Å². The first-order valence-corrected chi connectivity index (χ1v) is 8.31. The number of amides is 2. The van der Waals surface area contributed by atoms with Crippen LogP contribution in [0.1, 0.15) is 55.4 Å². The van der Waals surface area contributed by atoms with Crippen molar-refractivity contribution in [3.8, 4) is 0 Å². The summed E-state index contributed by atoms with van der Waals surface area (Å²) >= 11 is 0. The maximum Gasteiger partial charge on any atom is 0.253 e. The van der Waals surface area contributed by atoms with E-state index in [1.165, 1.54) is 0 Å². The summed E-state index contributed by atoms with van der Waals surface area (Å²) in [6.07, 6.45) is 1.90. The molecular formula is C19H26N4O2. The third-order valence-corrected chi connectivity index (χ3v) is 3.97. The lowest BCUT2D eigenvalue weighted by molar-refractivity contribution is -0.123. The van der Waals surface area contributed by atoms with Gasteiger partial charge >= 0.3 is 0 Å². The number of aromatic nitrogens is 2. The number of hydrogen-bond donors (Lipinski definition) is 2. The second-order valence-corrected chi connectivity index (χ2v) is 7.29. The van der Waals surface area contributed by atoms with E-state index in [9.17, 15) is 9.59 Å². The smallest absolute Gasteiger partial charge is 0.253 e. The number of para-hydroxylation sites is 1. The number of carbonyl (C=O) groups excluding carboxylic acids is 2. The summed E-state index contributed by atoms with van der Waals surface area (Å²) in [5.41, 5.74) is 2.25. The van der Waals surface area contributed by atoms with Crippen LogP contribution in [0, 0.1) is 12.3 Å². The molecule has 0 saturated heterocycles. The highest BCUT2D eigenvalue weighted by atomic mass is 16.2. The molecule has 0 aliphatic rings. The van der Waals surface area contributed by atoms with Crippen molar-refractivity contribution in [1.29, 1.82) is 0 Å². The Morgan fingerprint density at radius 3 is 2.40 bits per heavy atom. The molecule has 0 spiro atoms. The molecule has 134 valence electrons. The molecule has 6 nitrogen and oxygen atoms in total. The number of aryl methyl sites for hydroxylation is 2. The Bertz CT molecular complexity index is 787. The van der Waals surface area contributed by atoms with E-state index < -0.39 is 5.41 Å². The van der Waals surface area contributed by atoms with Crippen LogP contribution in [0.2, 0.25) is 0 Å². The molecule has 0 aliphatic carbocycles. The van der Waals surface area contributed by atoms with E-state index in [0.717, 1.165) is 11.3 Å². The van der Waals surface area contributed by atoms with E-state index in [-0.39, 0.29) is 17.9 Å². The van der Waals surface area contributed by atoms with Gasteiger partial charge in [-0.2, -0.15) is 5.10 Å². The average molecular weight is 342 g/mol. The van der Waals surface area contributed by atoms with E-state index in [1.807, 2.05) is 47.9 Å². The Labute approximate surface area is 148 Å². The van der Waals surface area contributed by atoms with Crippen molar-refractivity contribution in [2.75, 3.05) is 5.32 Å². The fraction of sp³-hybridized carbons (Fsp3) is 0.421. The van der Waals surface area contributed by atoms with Crippen molar-refractivity contribution < 1.29 is 9.59 Å². The van der Waals surface area contributed by atoms with Crippen LogP contribution in [-0.2, 0) is 11.8 Å². The standard InChI is InChI=1S/C19H26N4O2/c1-12(15-11-23(6)22-13(15)2)20-17(24)14-9-7-8-10-16(14)21-18(25)19(3,4)5/h7-12H,1-6H3,(H,20,24)(H,21,25)/t12-/m0/s1. The predicted octanol–water partition coefficient (Wildman–Crippen LogP) is 3.20. The van der Waals surface area contributed by atoms with Crippen LogP contribution in [-0.4, -0.2) is 21.6 Å². The van der Waals surface area contributed by atoms with Crippen molar-refractivity contribution in [3.05, 3.63) is 47.3 Å². The van der Waals surface area contributed by atoms with Crippen molar-refractivity contribution in [1.82, 2.24) is 15.1 Å². The molecule has 2 rings (SSSR count). The van der Waals surface area contributed by atoms with Gasteiger partial charge in [-0.1, -0.05) is 32.9 Å². The molecule has 1 heterocycles. The van der Waals surface area contributed by atoms with Gasteiger partial charge in [0.1, 0.15) is 0 Å². The molecule has 0 fully saturated rings. The zero-order chi connectivity index (χ0) is 18.8. The summed E-state index contributed by atoms with van der Waals surface area (Å²) < 4.78 is 1.73. The topological polar surface area (TPSA) is 76.0 Å². The molecule has 2 aromatic rings. The summed E-state index contributed by atoms with van der Waals surface area (Å²) in [6, 6.07) is 6.83. The van der Waals surface area contributed by atoms with Crippen LogP contribution in [0.5, 0.6) is 0 Å². The molecule has 2 N–H and O–H groups in total. The van der Waals surface area contributed by atoms with Crippen LogP contribution < -0.4 is 10.6 Å². The Morgan fingerprint density at radius 2 is 1.84 bits per heavy atom. The third kappa shape index (κ3) is 4.47. The number of hydrogen-bond acceptors (Lipinski definition) is 3. The summed E-state index contributed by atoms with van der Waals surface area (Å²) in [4.78, 5) is 25.0. The van der Waals surface area contributed by atoms with Gasteiger partial charge in [-0.3, -0.25) is 14.3 Å². The first kappa shape index (κ1) is 18.7. The van der Waals surface area contributed by atoms with E-state index in [4.69, 9.17) is 0 Å². The molecule has 0 unspecified atom stereocenters. The molecule has 25 heavy (non-hydrogen) atoms. The SMILES string of the molecule is Cc1nn(C)cc1[C@H](C)NC(=O)c1ccccc1NC(=O)C(C)(C)C. The Balaban J connectivity index is 2.19. The lowest BCUT2D eigenvalue weighted by atomic mass is 9.95. The lowest BCUT2D eigenvalue weighted by Gasteiger charge is -2.20. The summed E-state index contributed by atoms with van der Waals surface area (Å²) in [6.45, 7) is 9.32. The van der Waals surface area contributed by atoms with Crippen LogP contribution in [0.25, 0.3) is 0 Å². The maximum atomic E-state index is 12.7. The highest BCUT2D eigenvalue weighted by Crippen LogP contribution is 2.22. The van der Waals surface area contributed by atoms with Gasteiger partial charge in [0.2, 0.25) is 5.91 Å². The molecule has 0 aliphatic heterocycles. The third-order valence-electron chi connectivity index (χ3n) is 3.97. The van der Waals surface area contributed by atoms with Crippen LogP contribution in [0.15, 0.2) is 30.5 Å². The number of carbonyl (C=O) groups is 2. The van der Waals surface area contributed by atoms with Gasteiger partial charge in [0, 0.05) is 24.2 Å².